The highest BCUT2D eigenvalue weighted by atomic mass is 79.9. The van der Waals surface area contributed by atoms with Gasteiger partial charge in [0.25, 0.3) is 0 Å². The van der Waals surface area contributed by atoms with Gasteiger partial charge in [0.15, 0.2) is 0 Å². The van der Waals surface area contributed by atoms with Crippen molar-refractivity contribution in [3.8, 4) is 0 Å². The van der Waals surface area contributed by atoms with Gasteiger partial charge in [0.2, 0.25) is 0 Å². The molecule has 0 aliphatic carbocycles. The average Bonchev–Trinajstić information content (AvgIpc) is 2.00. The Morgan fingerprint density at radius 2 is 2.07 bits per heavy atom. The molecule has 0 bridgehead atoms. The summed E-state index contributed by atoms with van der Waals surface area (Å²) in [6.45, 7) is 4.05. The molecule has 0 radical (unpaired) electrons. The number of nitrogens with two attached hydrogens (primary N) is 1. The van der Waals surface area contributed by atoms with E-state index in [0.717, 1.165) is 10.0 Å². The van der Waals surface area contributed by atoms with Crippen LogP contribution in [0.1, 0.15) is 25.5 Å². The van der Waals surface area contributed by atoms with Crippen LogP contribution in [0.15, 0.2) is 34.3 Å². The van der Waals surface area contributed by atoms with Crippen molar-refractivity contribution >= 4 is 27.5 Å². The van der Waals surface area contributed by atoms with Crippen molar-refractivity contribution < 1.29 is 0 Å². The summed E-state index contributed by atoms with van der Waals surface area (Å²) in [4.78, 5) is 0. The smallest absolute Gasteiger partial charge is 0.0484 e. The molecule has 1 nitrogen and oxygen atoms in total. The normalized spacial score (nSPS) is 12.4. The quantitative estimate of drug-likeness (QED) is 0.808. The maximum absolute atomic E-state index is 5.98. The van der Waals surface area contributed by atoms with E-state index in [9.17, 15) is 0 Å². The molecule has 76 valence electrons. The first-order valence-corrected chi connectivity index (χ1v) is 5.52. The largest absolute Gasteiger partial charge is 0.321 e. The molecule has 1 aromatic carbocycles. The van der Waals surface area contributed by atoms with Crippen LogP contribution in [0.4, 0.5) is 0 Å². The number of rotatable bonds is 2. The molecule has 1 unspecified atom stereocenters. The van der Waals surface area contributed by atoms with Crippen LogP contribution in [0.2, 0.25) is 5.02 Å². The predicted molar refractivity (Wildman–Crippen MR) is 65.5 cm³/mol. The highest BCUT2D eigenvalue weighted by Gasteiger charge is 2.04. The molecule has 0 heterocycles. The Bertz CT molecular complexity index is 336. The van der Waals surface area contributed by atoms with Gasteiger partial charge < -0.3 is 5.73 Å². The first kappa shape index (κ1) is 11.8. The van der Waals surface area contributed by atoms with Gasteiger partial charge in [0, 0.05) is 15.5 Å². The van der Waals surface area contributed by atoms with Crippen LogP contribution in [-0.4, -0.2) is 0 Å². The zero-order valence-corrected chi connectivity index (χ0v) is 10.6. The van der Waals surface area contributed by atoms with Crippen molar-refractivity contribution in [2.24, 2.45) is 5.73 Å². The topological polar surface area (TPSA) is 26.0 Å². The molecule has 1 aromatic rings. The van der Waals surface area contributed by atoms with Crippen LogP contribution in [0.3, 0.4) is 0 Å². The van der Waals surface area contributed by atoms with E-state index in [1.807, 2.05) is 38.1 Å². The van der Waals surface area contributed by atoms with E-state index >= 15 is 0 Å². The lowest BCUT2D eigenvalue weighted by atomic mass is 10.1. The molecule has 0 saturated carbocycles. The number of benzene rings is 1. The lowest BCUT2D eigenvalue weighted by molar-refractivity contribution is 0.898. The van der Waals surface area contributed by atoms with Crippen molar-refractivity contribution in [1.29, 1.82) is 0 Å². The minimum atomic E-state index is -0.0880. The Hall–Kier alpha value is -0.310. The Balaban J connectivity index is 3.01. The van der Waals surface area contributed by atoms with Crippen LogP contribution >= 0.6 is 27.5 Å². The summed E-state index contributed by atoms with van der Waals surface area (Å²) >= 11 is 9.31. The molecule has 0 aliphatic rings. The van der Waals surface area contributed by atoms with E-state index < -0.39 is 0 Å². The van der Waals surface area contributed by atoms with Crippen LogP contribution in [0.5, 0.6) is 0 Å². The Labute approximate surface area is 98.1 Å². The van der Waals surface area contributed by atoms with Gasteiger partial charge in [0.1, 0.15) is 0 Å². The van der Waals surface area contributed by atoms with Gasteiger partial charge >= 0.3 is 0 Å². The molecule has 1 atom stereocenters. The Morgan fingerprint density at radius 3 is 2.57 bits per heavy atom. The second-order valence-electron chi connectivity index (χ2n) is 3.47. The van der Waals surface area contributed by atoms with Gasteiger partial charge in [0.05, 0.1) is 0 Å². The molecule has 1 rings (SSSR count). The predicted octanol–water partition coefficient (Wildman–Crippen LogP) is 4.07. The number of halogens is 2. The van der Waals surface area contributed by atoms with Crippen LogP contribution < -0.4 is 5.73 Å². The average molecular weight is 275 g/mol. The van der Waals surface area contributed by atoms with Gasteiger partial charge in [-0.05, 0) is 37.6 Å². The standard InChI is InChI=1S/C11H13BrClN/c1-7(2)3-11(14)8-4-9(12)6-10(13)5-8/h3-6,11H,14H2,1-2H3. The zero-order valence-electron chi connectivity index (χ0n) is 8.22. The fraction of sp³-hybridized carbons (Fsp3) is 0.273. The molecule has 0 spiro atoms. The van der Waals surface area contributed by atoms with E-state index in [4.69, 9.17) is 17.3 Å². The van der Waals surface area contributed by atoms with Gasteiger partial charge in [-0.2, -0.15) is 0 Å². The Morgan fingerprint density at radius 1 is 1.43 bits per heavy atom. The van der Waals surface area contributed by atoms with Crippen LogP contribution in [-0.2, 0) is 0 Å². The van der Waals surface area contributed by atoms with Gasteiger partial charge in [-0.3, -0.25) is 0 Å². The maximum atomic E-state index is 5.98. The summed E-state index contributed by atoms with van der Waals surface area (Å²) in [6.07, 6.45) is 2.01. The van der Waals surface area contributed by atoms with Crippen LogP contribution in [0.25, 0.3) is 0 Å². The van der Waals surface area contributed by atoms with Crippen molar-refractivity contribution in [1.82, 2.24) is 0 Å². The van der Waals surface area contributed by atoms with Crippen molar-refractivity contribution in [3.63, 3.8) is 0 Å². The second kappa shape index (κ2) is 4.96. The van der Waals surface area contributed by atoms with E-state index in [1.165, 1.54) is 5.57 Å². The molecule has 0 saturated heterocycles. The van der Waals surface area contributed by atoms with Crippen molar-refractivity contribution in [3.05, 3.63) is 44.9 Å². The number of hydrogen-bond donors (Lipinski definition) is 1. The summed E-state index contributed by atoms with van der Waals surface area (Å²) in [6, 6.07) is 5.63. The first-order valence-electron chi connectivity index (χ1n) is 4.35. The minimum absolute atomic E-state index is 0.0880. The van der Waals surface area contributed by atoms with Crippen molar-refractivity contribution in [2.75, 3.05) is 0 Å². The SMILES string of the molecule is CC(C)=CC(N)c1cc(Cl)cc(Br)c1. The highest BCUT2D eigenvalue weighted by molar-refractivity contribution is 9.10. The minimum Gasteiger partial charge on any atom is -0.321 e. The number of hydrogen-bond acceptors (Lipinski definition) is 1. The third-order valence-corrected chi connectivity index (χ3v) is 2.46. The first-order chi connectivity index (χ1) is 6.49. The van der Waals surface area contributed by atoms with E-state index in [2.05, 4.69) is 15.9 Å². The molecular formula is C11H13BrClN. The molecule has 0 fully saturated rings. The lowest BCUT2D eigenvalue weighted by Gasteiger charge is -2.09. The second-order valence-corrected chi connectivity index (χ2v) is 4.82. The zero-order chi connectivity index (χ0) is 10.7. The Kier molecular flexibility index (Phi) is 4.17. The molecule has 2 N–H and O–H groups in total. The third-order valence-electron chi connectivity index (χ3n) is 1.78. The van der Waals surface area contributed by atoms with Gasteiger partial charge in [-0.15, -0.1) is 0 Å². The molecule has 14 heavy (non-hydrogen) atoms. The van der Waals surface area contributed by atoms with E-state index in [-0.39, 0.29) is 6.04 Å². The van der Waals surface area contributed by atoms with Gasteiger partial charge in [-0.1, -0.05) is 39.2 Å². The summed E-state index contributed by atoms with van der Waals surface area (Å²) in [5.41, 5.74) is 8.20. The molecule has 0 aliphatic heterocycles. The highest BCUT2D eigenvalue weighted by Crippen LogP contribution is 2.23. The summed E-state index contributed by atoms with van der Waals surface area (Å²) in [5.74, 6) is 0. The number of allylic oxidation sites excluding steroid dienone is 1. The maximum Gasteiger partial charge on any atom is 0.0484 e. The van der Waals surface area contributed by atoms with Gasteiger partial charge in [-0.25, -0.2) is 0 Å². The molecular weight excluding hydrogens is 261 g/mol. The van der Waals surface area contributed by atoms with Crippen molar-refractivity contribution in [2.45, 2.75) is 19.9 Å². The van der Waals surface area contributed by atoms with Crippen LogP contribution in [0, 0.1) is 0 Å². The monoisotopic (exact) mass is 273 g/mol. The summed E-state index contributed by atoms with van der Waals surface area (Å²) < 4.78 is 0.956. The fourth-order valence-corrected chi connectivity index (χ4v) is 2.11. The molecule has 0 amide bonds. The van der Waals surface area contributed by atoms with E-state index in [0.29, 0.717) is 5.02 Å². The summed E-state index contributed by atoms with van der Waals surface area (Å²) in [5, 5.41) is 0.701. The third kappa shape index (κ3) is 3.45. The summed E-state index contributed by atoms with van der Waals surface area (Å²) in [7, 11) is 0. The fourth-order valence-electron chi connectivity index (χ4n) is 1.22. The molecule has 0 aromatic heterocycles. The van der Waals surface area contributed by atoms with E-state index in [1.54, 1.807) is 0 Å². The lowest BCUT2D eigenvalue weighted by Crippen LogP contribution is -2.07. The molecule has 3 heteroatoms.